The molecule has 10 heavy (non-hydrogen) atoms. The van der Waals surface area contributed by atoms with Gasteiger partial charge in [0.25, 0.3) is 0 Å². The molecular weight excluding hydrogens is 210 g/mol. The molecule has 0 atom stereocenters. The number of hydrogen-bond donors (Lipinski definition) is 0. The van der Waals surface area contributed by atoms with Crippen LogP contribution in [-0.4, -0.2) is 4.37 Å². The smallest absolute Gasteiger partial charge is 0.0549 e. The Morgan fingerprint density at radius 1 is 1.20 bits per heavy atom. The average Bonchev–Trinajstić information content (AvgIpc) is 2.33. The lowest BCUT2D eigenvalue weighted by Crippen LogP contribution is -1.56. The van der Waals surface area contributed by atoms with E-state index in [0.29, 0.717) is 0 Å². The van der Waals surface area contributed by atoms with Gasteiger partial charge in [-0.3, -0.25) is 0 Å². The number of benzene rings is 1. The Morgan fingerprint density at radius 3 is 2.80 bits per heavy atom. The number of fused-ring (bicyclic) bond motifs is 1. The van der Waals surface area contributed by atoms with Gasteiger partial charge in [-0.1, -0.05) is 18.2 Å². The number of rotatable bonds is 0. The van der Waals surface area contributed by atoms with Gasteiger partial charge in [-0.05, 0) is 17.6 Å². The lowest BCUT2D eigenvalue weighted by molar-refractivity contribution is 1.61. The summed E-state index contributed by atoms with van der Waals surface area (Å²) >= 11 is 1.54. The zero-order valence-electron chi connectivity index (χ0n) is 5.15. The van der Waals surface area contributed by atoms with Gasteiger partial charge in [-0.2, -0.15) is 4.37 Å². The van der Waals surface area contributed by atoms with Gasteiger partial charge in [-0.15, -0.1) is 17.0 Å². The van der Waals surface area contributed by atoms with Crippen LogP contribution in [0.3, 0.4) is 0 Å². The number of aromatic nitrogens is 1. The molecule has 2 aromatic rings. The largest absolute Gasteiger partial charge is 0.200 e. The van der Waals surface area contributed by atoms with E-state index in [-0.39, 0.29) is 17.0 Å². The highest BCUT2D eigenvalue weighted by Crippen LogP contribution is 2.15. The third-order valence-electron chi connectivity index (χ3n) is 1.26. The van der Waals surface area contributed by atoms with Gasteiger partial charge in [-0.25, -0.2) is 0 Å². The normalized spacial score (nSPS) is 9.20. The Balaban J connectivity index is 0.000000500. The fraction of sp³-hybridized carbons (Fsp3) is 0. The maximum atomic E-state index is 4.04. The van der Waals surface area contributed by atoms with Crippen molar-refractivity contribution in [2.24, 2.45) is 0 Å². The predicted molar refractivity (Wildman–Crippen MR) is 49.9 cm³/mol. The second-order valence-electron chi connectivity index (χ2n) is 1.86. The lowest BCUT2D eigenvalue weighted by Gasteiger charge is -1.80. The van der Waals surface area contributed by atoms with Crippen LogP contribution >= 0.6 is 28.5 Å². The SMILES string of the molecule is Br.c1ccc2sncc2c1. The minimum atomic E-state index is 0. The molecule has 0 bridgehead atoms. The zero-order valence-corrected chi connectivity index (χ0v) is 7.68. The van der Waals surface area contributed by atoms with Crippen molar-refractivity contribution >= 4 is 38.6 Å². The highest BCUT2D eigenvalue weighted by Gasteiger charge is 1.89. The van der Waals surface area contributed by atoms with E-state index >= 15 is 0 Å². The summed E-state index contributed by atoms with van der Waals surface area (Å²) in [5, 5.41) is 1.24. The average molecular weight is 216 g/mol. The molecular formula is C7H6BrNS. The van der Waals surface area contributed by atoms with Crippen LogP contribution in [-0.2, 0) is 0 Å². The molecule has 3 heteroatoms. The summed E-state index contributed by atoms with van der Waals surface area (Å²) in [7, 11) is 0. The molecule has 52 valence electrons. The zero-order chi connectivity index (χ0) is 6.10. The molecule has 0 aliphatic rings. The van der Waals surface area contributed by atoms with Crippen LogP contribution in [0.2, 0.25) is 0 Å². The second kappa shape index (κ2) is 3.12. The van der Waals surface area contributed by atoms with Crippen molar-refractivity contribution in [3.05, 3.63) is 30.5 Å². The van der Waals surface area contributed by atoms with E-state index in [1.54, 1.807) is 0 Å². The van der Waals surface area contributed by atoms with Gasteiger partial charge >= 0.3 is 0 Å². The molecule has 1 heterocycles. The Bertz CT molecular complexity index is 288. The maximum absolute atomic E-state index is 4.04. The van der Waals surface area contributed by atoms with Crippen molar-refractivity contribution in [3.63, 3.8) is 0 Å². The fourth-order valence-electron chi connectivity index (χ4n) is 0.810. The van der Waals surface area contributed by atoms with Gasteiger partial charge in [0.15, 0.2) is 0 Å². The minimum absolute atomic E-state index is 0. The molecule has 1 aromatic carbocycles. The number of nitrogens with zero attached hydrogens (tertiary/aromatic N) is 1. The highest BCUT2D eigenvalue weighted by molar-refractivity contribution is 8.93. The first kappa shape index (κ1) is 7.69. The van der Waals surface area contributed by atoms with Crippen molar-refractivity contribution in [1.82, 2.24) is 4.37 Å². The van der Waals surface area contributed by atoms with E-state index in [0.717, 1.165) is 0 Å². The van der Waals surface area contributed by atoms with E-state index in [1.165, 1.54) is 21.6 Å². The molecule has 0 saturated heterocycles. The number of halogens is 1. The standard InChI is InChI=1S/C7H5NS.BrH/c1-2-4-7-6(3-1)5-8-9-7;/h1-5H;1H. The van der Waals surface area contributed by atoms with Crippen LogP contribution in [0, 0.1) is 0 Å². The van der Waals surface area contributed by atoms with Gasteiger partial charge in [0, 0.05) is 11.6 Å². The van der Waals surface area contributed by atoms with Crippen LogP contribution in [0.15, 0.2) is 30.5 Å². The Labute approximate surface area is 73.6 Å². The molecule has 0 amide bonds. The second-order valence-corrected chi connectivity index (χ2v) is 2.70. The maximum Gasteiger partial charge on any atom is 0.0549 e. The topological polar surface area (TPSA) is 12.9 Å². The van der Waals surface area contributed by atoms with Gasteiger partial charge in [0.1, 0.15) is 0 Å². The van der Waals surface area contributed by atoms with E-state index in [1.807, 2.05) is 18.3 Å². The molecule has 0 N–H and O–H groups in total. The summed E-state index contributed by atoms with van der Waals surface area (Å²) in [6.07, 6.45) is 1.89. The van der Waals surface area contributed by atoms with Crippen LogP contribution < -0.4 is 0 Å². The summed E-state index contributed by atoms with van der Waals surface area (Å²) in [5.41, 5.74) is 0. The molecule has 0 aliphatic carbocycles. The quantitative estimate of drug-likeness (QED) is 0.659. The molecule has 1 nitrogen and oxygen atoms in total. The Kier molecular flexibility index (Phi) is 2.40. The third kappa shape index (κ3) is 1.20. The van der Waals surface area contributed by atoms with E-state index < -0.39 is 0 Å². The Hall–Kier alpha value is -0.410. The summed E-state index contributed by atoms with van der Waals surface area (Å²) in [5.74, 6) is 0. The molecule has 2 rings (SSSR count). The molecule has 0 fully saturated rings. The van der Waals surface area contributed by atoms with Crippen LogP contribution in [0.1, 0.15) is 0 Å². The summed E-state index contributed by atoms with van der Waals surface area (Å²) in [4.78, 5) is 0. The molecule has 0 saturated carbocycles. The lowest BCUT2D eigenvalue weighted by atomic mass is 10.3. The molecule has 0 aliphatic heterocycles. The van der Waals surface area contributed by atoms with Crippen molar-refractivity contribution in [2.75, 3.05) is 0 Å². The third-order valence-corrected chi connectivity index (χ3v) is 2.04. The highest BCUT2D eigenvalue weighted by atomic mass is 79.9. The summed E-state index contributed by atoms with van der Waals surface area (Å²) in [6.45, 7) is 0. The van der Waals surface area contributed by atoms with Crippen molar-refractivity contribution in [2.45, 2.75) is 0 Å². The summed E-state index contributed by atoms with van der Waals surface area (Å²) < 4.78 is 5.30. The van der Waals surface area contributed by atoms with E-state index in [2.05, 4.69) is 16.5 Å². The van der Waals surface area contributed by atoms with Crippen molar-refractivity contribution in [1.29, 1.82) is 0 Å². The van der Waals surface area contributed by atoms with Gasteiger partial charge in [0.2, 0.25) is 0 Å². The van der Waals surface area contributed by atoms with E-state index in [4.69, 9.17) is 0 Å². The first-order valence-corrected chi connectivity index (χ1v) is 3.53. The number of hydrogen-bond acceptors (Lipinski definition) is 2. The van der Waals surface area contributed by atoms with Crippen LogP contribution in [0.4, 0.5) is 0 Å². The molecule has 1 aromatic heterocycles. The fourth-order valence-corrected chi connectivity index (χ4v) is 1.46. The van der Waals surface area contributed by atoms with Crippen molar-refractivity contribution in [3.8, 4) is 0 Å². The van der Waals surface area contributed by atoms with E-state index in [9.17, 15) is 0 Å². The van der Waals surface area contributed by atoms with Crippen molar-refractivity contribution < 1.29 is 0 Å². The Morgan fingerprint density at radius 2 is 2.00 bits per heavy atom. The first-order chi connectivity index (χ1) is 4.47. The minimum Gasteiger partial charge on any atom is -0.200 e. The van der Waals surface area contributed by atoms with Gasteiger partial charge < -0.3 is 0 Å². The molecule has 0 radical (unpaired) electrons. The predicted octanol–water partition coefficient (Wildman–Crippen LogP) is 2.87. The molecule has 0 spiro atoms. The first-order valence-electron chi connectivity index (χ1n) is 2.76. The summed E-state index contributed by atoms with van der Waals surface area (Å²) in [6, 6.07) is 8.20. The molecule has 0 unspecified atom stereocenters. The monoisotopic (exact) mass is 215 g/mol. The van der Waals surface area contributed by atoms with Crippen LogP contribution in [0.5, 0.6) is 0 Å². The van der Waals surface area contributed by atoms with Crippen LogP contribution in [0.25, 0.3) is 10.1 Å². The van der Waals surface area contributed by atoms with Gasteiger partial charge in [0.05, 0.1) is 4.70 Å².